The normalized spacial score (nSPS) is 26.7. The lowest BCUT2D eigenvalue weighted by Gasteiger charge is -2.32. The Morgan fingerprint density at radius 2 is 2.00 bits per heavy atom. The Labute approximate surface area is 111 Å². The van der Waals surface area contributed by atoms with E-state index in [4.69, 9.17) is 0 Å². The van der Waals surface area contributed by atoms with Crippen LogP contribution in [-0.2, 0) is 10.0 Å². The van der Waals surface area contributed by atoms with E-state index in [1.54, 1.807) is 4.31 Å². The Morgan fingerprint density at radius 1 is 1.28 bits per heavy atom. The summed E-state index contributed by atoms with van der Waals surface area (Å²) >= 11 is 0. The molecule has 4 nitrogen and oxygen atoms in total. The van der Waals surface area contributed by atoms with Gasteiger partial charge in [0.15, 0.2) is 0 Å². The molecule has 5 heteroatoms. The zero-order valence-electron chi connectivity index (χ0n) is 11.6. The molecule has 0 aromatic carbocycles. The van der Waals surface area contributed by atoms with Gasteiger partial charge in [-0.3, -0.25) is 0 Å². The zero-order chi connectivity index (χ0) is 13.2. The standard InChI is InChI=1S/C13H26N2O2S/c1-11(2)8-14-9-12-4-3-7-15(10-12)18(16,17)13-5-6-13/h11-14H,3-10H2,1-2H3. The van der Waals surface area contributed by atoms with Crippen molar-refractivity contribution in [1.82, 2.24) is 9.62 Å². The lowest BCUT2D eigenvalue weighted by Crippen LogP contribution is -2.44. The third kappa shape index (κ3) is 3.68. The third-order valence-electron chi connectivity index (χ3n) is 3.77. The van der Waals surface area contributed by atoms with E-state index < -0.39 is 10.0 Å². The predicted octanol–water partition coefficient (Wildman–Crippen LogP) is 1.44. The quantitative estimate of drug-likeness (QED) is 0.797. The molecule has 1 heterocycles. The van der Waals surface area contributed by atoms with E-state index in [9.17, 15) is 8.42 Å². The monoisotopic (exact) mass is 274 g/mol. The van der Waals surface area contributed by atoms with E-state index in [1.807, 2.05) is 0 Å². The molecule has 2 fully saturated rings. The average Bonchev–Trinajstić information content (AvgIpc) is 3.13. The summed E-state index contributed by atoms with van der Waals surface area (Å²) in [6.45, 7) is 7.82. The van der Waals surface area contributed by atoms with E-state index >= 15 is 0 Å². The van der Waals surface area contributed by atoms with Gasteiger partial charge < -0.3 is 5.32 Å². The number of sulfonamides is 1. The molecule has 0 radical (unpaired) electrons. The van der Waals surface area contributed by atoms with Crippen LogP contribution in [0.4, 0.5) is 0 Å². The van der Waals surface area contributed by atoms with Gasteiger partial charge in [0.25, 0.3) is 0 Å². The highest BCUT2D eigenvalue weighted by Gasteiger charge is 2.41. The molecule has 1 aliphatic carbocycles. The fraction of sp³-hybridized carbons (Fsp3) is 1.00. The van der Waals surface area contributed by atoms with Gasteiger partial charge in [-0.1, -0.05) is 13.8 Å². The van der Waals surface area contributed by atoms with Crippen molar-refractivity contribution in [2.45, 2.75) is 44.8 Å². The predicted molar refractivity (Wildman–Crippen MR) is 73.9 cm³/mol. The molecular formula is C13H26N2O2S. The molecule has 1 saturated heterocycles. The maximum Gasteiger partial charge on any atom is 0.216 e. The molecule has 0 spiro atoms. The second-order valence-electron chi connectivity index (χ2n) is 6.16. The molecule has 1 atom stereocenters. The second-order valence-corrected chi connectivity index (χ2v) is 8.38. The summed E-state index contributed by atoms with van der Waals surface area (Å²) in [6, 6.07) is 0. The topological polar surface area (TPSA) is 49.4 Å². The summed E-state index contributed by atoms with van der Waals surface area (Å²) in [6.07, 6.45) is 3.91. The maximum absolute atomic E-state index is 12.2. The highest BCUT2D eigenvalue weighted by atomic mass is 32.2. The van der Waals surface area contributed by atoms with Gasteiger partial charge in [-0.25, -0.2) is 12.7 Å². The van der Waals surface area contributed by atoms with Crippen molar-refractivity contribution in [2.75, 3.05) is 26.2 Å². The molecule has 1 N–H and O–H groups in total. The van der Waals surface area contributed by atoms with Crippen molar-refractivity contribution in [3.8, 4) is 0 Å². The van der Waals surface area contributed by atoms with Gasteiger partial charge in [0.2, 0.25) is 10.0 Å². The first-order valence-corrected chi connectivity index (χ1v) is 8.70. The molecule has 1 aliphatic heterocycles. The second kappa shape index (κ2) is 5.88. The minimum absolute atomic E-state index is 0.0557. The number of piperidine rings is 1. The van der Waals surface area contributed by atoms with Gasteiger partial charge in [0.05, 0.1) is 5.25 Å². The molecule has 18 heavy (non-hydrogen) atoms. The van der Waals surface area contributed by atoms with Gasteiger partial charge in [-0.2, -0.15) is 0 Å². The molecule has 0 amide bonds. The first-order valence-electron chi connectivity index (χ1n) is 7.20. The SMILES string of the molecule is CC(C)CNCC1CCCN(S(=O)(=O)C2CC2)C1. The maximum atomic E-state index is 12.2. The number of nitrogens with zero attached hydrogens (tertiary/aromatic N) is 1. The molecule has 2 aliphatic rings. The third-order valence-corrected chi connectivity index (χ3v) is 6.14. The Morgan fingerprint density at radius 3 is 2.61 bits per heavy atom. The van der Waals surface area contributed by atoms with Crippen molar-refractivity contribution in [1.29, 1.82) is 0 Å². The Balaban J connectivity index is 1.81. The highest BCUT2D eigenvalue weighted by molar-refractivity contribution is 7.90. The largest absolute Gasteiger partial charge is 0.316 e. The molecule has 0 aromatic heterocycles. The van der Waals surface area contributed by atoms with Crippen LogP contribution in [0.3, 0.4) is 0 Å². The molecular weight excluding hydrogens is 248 g/mol. The highest BCUT2D eigenvalue weighted by Crippen LogP contribution is 2.33. The van der Waals surface area contributed by atoms with Crippen molar-refractivity contribution in [3.05, 3.63) is 0 Å². The number of rotatable bonds is 6. The first-order chi connectivity index (χ1) is 8.50. The van der Waals surface area contributed by atoms with Crippen LogP contribution in [0, 0.1) is 11.8 Å². The van der Waals surface area contributed by atoms with E-state index in [0.717, 1.165) is 51.9 Å². The van der Waals surface area contributed by atoms with Crippen LogP contribution in [0.2, 0.25) is 0 Å². The minimum atomic E-state index is -2.96. The Bertz CT molecular complexity index is 363. The van der Waals surface area contributed by atoms with E-state index in [0.29, 0.717) is 11.8 Å². The van der Waals surface area contributed by atoms with Crippen LogP contribution in [0.5, 0.6) is 0 Å². The Kier molecular flexibility index (Phi) is 4.67. The first kappa shape index (κ1) is 14.3. The summed E-state index contributed by atoms with van der Waals surface area (Å²) in [5.74, 6) is 1.14. The van der Waals surface area contributed by atoms with Crippen LogP contribution in [0.15, 0.2) is 0 Å². The van der Waals surface area contributed by atoms with Crippen LogP contribution < -0.4 is 5.32 Å². The summed E-state index contributed by atoms with van der Waals surface area (Å²) in [4.78, 5) is 0. The number of hydrogen-bond donors (Lipinski definition) is 1. The number of nitrogens with one attached hydrogen (secondary N) is 1. The lowest BCUT2D eigenvalue weighted by atomic mass is 9.99. The minimum Gasteiger partial charge on any atom is -0.316 e. The van der Waals surface area contributed by atoms with Crippen molar-refractivity contribution in [2.24, 2.45) is 11.8 Å². The molecule has 0 bridgehead atoms. The fourth-order valence-corrected chi connectivity index (χ4v) is 4.53. The van der Waals surface area contributed by atoms with E-state index in [2.05, 4.69) is 19.2 Å². The molecule has 1 saturated carbocycles. The van der Waals surface area contributed by atoms with Crippen LogP contribution in [0.1, 0.15) is 39.5 Å². The van der Waals surface area contributed by atoms with Crippen LogP contribution >= 0.6 is 0 Å². The van der Waals surface area contributed by atoms with Gasteiger partial charge in [-0.05, 0) is 50.6 Å². The summed E-state index contributed by atoms with van der Waals surface area (Å²) in [5.41, 5.74) is 0. The zero-order valence-corrected chi connectivity index (χ0v) is 12.4. The van der Waals surface area contributed by atoms with E-state index in [-0.39, 0.29) is 5.25 Å². The Hall–Kier alpha value is -0.130. The van der Waals surface area contributed by atoms with Crippen LogP contribution in [-0.4, -0.2) is 44.2 Å². The fourth-order valence-electron chi connectivity index (χ4n) is 2.58. The van der Waals surface area contributed by atoms with Crippen molar-refractivity contribution in [3.63, 3.8) is 0 Å². The molecule has 1 unspecified atom stereocenters. The van der Waals surface area contributed by atoms with Gasteiger partial charge in [0, 0.05) is 13.1 Å². The van der Waals surface area contributed by atoms with Gasteiger partial charge in [0.1, 0.15) is 0 Å². The number of hydrogen-bond acceptors (Lipinski definition) is 3. The molecule has 106 valence electrons. The lowest BCUT2D eigenvalue weighted by molar-refractivity contribution is 0.258. The van der Waals surface area contributed by atoms with Gasteiger partial charge >= 0.3 is 0 Å². The van der Waals surface area contributed by atoms with Crippen molar-refractivity contribution >= 4 is 10.0 Å². The molecule has 0 aromatic rings. The summed E-state index contributed by atoms with van der Waals surface area (Å²) in [5, 5.41) is 3.39. The van der Waals surface area contributed by atoms with Crippen LogP contribution in [0.25, 0.3) is 0 Å². The smallest absolute Gasteiger partial charge is 0.216 e. The van der Waals surface area contributed by atoms with Gasteiger partial charge in [-0.15, -0.1) is 0 Å². The molecule has 2 rings (SSSR count). The summed E-state index contributed by atoms with van der Waals surface area (Å²) in [7, 11) is -2.96. The van der Waals surface area contributed by atoms with Crippen molar-refractivity contribution < 1.29 is 8.42 Å². The average molecular weight is 274 g/mol. The summed E-state index contributed by atoms with van der Waals surface area (Å²) < 4.78 is 26.1. The van der Waals surface area contributed by atoms with E-state index in [1.165, 1.54) is 0 Å².